The molecule has 0 saturated carbocycles. The number of hydrogen-bond donors (Lipinski definition) is 0. The number of nitrogens with zero attached hydrogens (tertiary/aromatic N) is 2. The summed E-state index contributed by atoms with van der Waals surface area (Å²) in [5.74, 6) is -1.11. The van der Waals surface area contributed by atoms with Gasteiger partial charge in [0.1, 0.15) is 5.92 Å². The number of rotatable bonds is 11. The molecule has 130 valence electrons. The van der Waals surface area contributed by atoms with Crippen LogP contribution in [0.25, 0.3) is 0 Å². The van der Waals surface area contributed by atoms with Crippen molar-refractivity contribution < 1.29 is 23.5 Å². The van der Waals surface area contributed by atoms with Gasteiger partial charge in [-0.15, -0.1) is 0 Å². The monoisotopic (exact) mass is 340 g/mol. The topological polar surface area (TPSA) is 122 Å². The standard InChI is InChI=1S/C12H25N2O7P/c1-6-20-22(19,21-7-2)12(5,14(17)18)11(8-10(3)4)9-13(15)16/h10-11H,6-9H2,1-5H3/t11-,12+/m1/s1. The molecule has 0 rings (SSSR count). The summed E-state index contributed by atoms with van der Waals surface area (Å²) >= 11 is 0. The van der Waals surface area contributed by atoms with Gasteiger partial charge in [0.15, 0.2) is 0 Å². The van der Waals surface area contributed by atoms with Gasteiger partial charge in [-0.1, -0.05) is 13.8 Å². The molecular formula is C12H25N2O7P. The average molecular weight is 340 g/mol. The van der Waals surface area contributed by atoms with Crippen molar-refractivity contribution >= 4 is 7.60 Å². The highest BCUT2D eigenvalue weighted by molar-refractivity contribution is 7.55. The first-order chi connectivity index (χ1) is 10.0. The highest BCUT2D eigenvalue weighted by Gasteiger charge is 2.64. The van der Waals surface area contributed by atoms with Gasteiger partial charge in [-0.2, -0.15) is 0 Å². The van der Waals surface area contributed by atoms with E-state index in [0.29, 0.717) is 0 Å². The zero-order chi connectivity index (χ0) is 17.6. The van der Waals surface area contributed by atoms with Crippen LogP contribution in [0.15, 0.2) is 0 Å². The molecule has 0 saturated heterocycles. The van der Waals surface area contributed by atoms with Gasteiger partial charge in [0.05, 0.1) is 13.2 Å². The molecule has 0 fully saturated rings. The largest absolute Gasteiger partial charge is 0.407 e. The lowest BCUT2D eigenvalue weighted by atomic mass is 9.91. The fourth-order valence-corrected chi connectivity index (χ4v) is 4.44. The van der Waals surface area contributed by atoms with E-state index in [-0.39, 0.29) is 25.6 Å². The van der Waals surface area contributed by atoms with Crippen molar-refractivity contribution in [2.75, 3.05) is 19.8 Å². The fourth-order valence-electron chi connectivity index (χ4n) is 2.33. The number of nitro groups is 2. The highest BCUT2D eigenvalue weighted by atomic mass is 31.2. The van der Waals surface area contributed by atoms with Crippen LogP contribution in [0.3, 0.4) is 0 Å². The van der Waals surface area contributed by atoms with Crippen LogP contribution in [0, 0.1) is 32.1 Å². The van der Waals surface area contributed by atoms with Crippen molar-refractivity contribution in [1.82, 2.24) is 0 Å². The van der Waals surface area contributed by atoms with Gasteiger partial charge in [0, 0.05) is 16.8 Å². The minimum absolute atomic E-state index is 0.0408. The lowest BCUT2D eigenvalue weighted by Crippen LogP contribution is -2.47. The molecule has 9 nitrogen and oxygen atoms in total. The average Bonchev–Trinajstić information content (AvgIpc) is 2.35. The molecule has 0 aliphatic heterocycles. The third-order valence-corrected chi connectivity index (χ3v) is 6.25. The maximum Gasteiger partial charge on any atom is 0.407 e. The normalized spacial score (nSPS) is 16.3. The Morgan fingerprint density at radius 2 is 1.59 bits per heavy atom. The molecule has 22 heavy (non-hydrogen) atoms. The van der Waals surface area contributed by atoms with Gasteiger partial charge in [-0.3, -0.25) is 24.8 Å². The summed E-state index contributed by atoms with van der Waals surface area (Å²) in [5.41, 5.74) is 0. The second kappa shape index (κ2) is 8.55. The molecule has 0 aromatic carbocycles. The molecule has 0 aliphatic carbocycles. The van der Waals surface area contributed by atoms with Crippen LogP contribution in [-0.2, 0) is 13.6 Å². The zero-order valence-electron chi connectivity index (χ0n) is 13.7. The van der Waals surface area contributed by atoms with E-state index < -0.39 is 35.2 Å². The summed E-state index contributed by atoms with van der Waals surface area (Å²) < 4.78 is 23.2. The van der Waals surface area contributed by atoms with Crippen LogP contribution in [0.5, 0.6) is 0 Å². The van der Waals surface area contributed by atoms with E-state index in [2.05, 4.69) is 0 Å². The summed E-state index contributed by atoms with van der Waals surface area (Å²) in [6.07, 6.45) is 0.169. The van der Waals surface area contributed by atoms with Gasteiger partial charge in [-0.05, 0) is 26.2 Å². The van der Waals surface area contributed by atoms with Crippen LogP contribution in [0.1, 0.15) is 41.0 Å². The van der Waals surface area contributed by atoms with Crippen molar-refractivity contribution in [2.24, 2.45) is 11.8 Å². The van der Waals surface area contributed by atoms with E-state index in [0.717, 1.165) is 6.92 Å². The van der Waals surface area contributed by atoms with E-state index in [1.165, 1.54) is 13.8 Å². The lowest BCUT2D eigenvalue weighted by Gasteiger charge is -2.33. The Bertz CT molecular complexity index is 433. The Labute approximate surface area is 130 Å². The molecule has 0 aromatic rings. The Kier molecular flexibility index (Phi) is 8.14. The fraction of sp³-hybridized carbons (Fsp3) is 1.00. The van der Waals surface area contributed by atoms with E-state index in [4.69, 9.17) is 9.05 Å². The van der Waals surface area contributed by atoms with Crippen molar-refractivity contribution in [1.29, 1.82) is 0 Å². The van der Waals surface area contributed by atoms with Crippen LogP contribution < -0.4 is 0 Å². The Morgan fingerprint density at radius 1 is 1.14 bits per heavy atom. The van der Waals surface area contributed by atoms with Gasteiger partial charge in [-0.25, -0.2) is 0 Å². The zero-order valence-corrected chi connectivity index (χ0v) is 14.6. The van der Waals surface area contributed by atoms with Crippen LogP contribution in [0.2, 0.25) is 0 Å². The quantitative estimate of drug-likeness (QED) is 0.321. The van der Waals surface area contributed by atoms with E-state index in [1.807, 2.05) is 0 Å². The van der Waals surface area contributed by atoms with Gasteiger partial charge >= 0.3 is 12.9 Å². The first-order valence-corrected chi connectivity index (χ1v) is 8.74. The van der Waals surface area contributed by atoms with Crippen LogP contribution >= 0.6 is 7.60 Å². The van der Waals surface area contributed by atoms with E-state index in [1.54, 1.807) is 13.8 Å². The van der Waals surface area contributed by atoms with Crippen molar-refractivity contribution in [2.45, 2.75) is 46.3 Å². The molecule has 0 amide bonds. The van der Waals surface area contributed by atoms with Gasteiger partial charge in [0.25, 0.3) is 0 Å². The Morgan fingerprint density at radius 3 is 1.86 bits per heavy atom. The predicted octanol–water partition coefficient (Wildman–Crippen LogP) is 3.18. The van der Waals surface area contributed by atoms with Crippen molar-refractivity contribution in [3.8, 4) is 0 Å². The number of hydrogen-bond acceptors (Lipinski definition) is 7. The van der Waals surface area contributed by atoms with Crippen LogP contribution in [-0.4, -0.2) is 34.9 Å². The third-order valence-electron chi connectivity index (χ3n) is 3.42. The molecule has 2 atom stereocenters. The maximum absolute atomic E-state index is 13.0. The van der Waals surface area contributed by atoms with Gasteiger partial charge in [0.2, 0.25) is 6.54 Å². The molecule has 0 bridgehead atoms. The van der Waals surface area contributed by atoms with Gasteiger partial charge < -0.3 is 9.05 Å². The summed E-state index contributed by atoms with van der Waals surface area (Å²) in [6.45, 7) is 7.02. The second-order valence-corrected chi connectivity index (χ2v) is 7.94. The predicted molar refractivity (Wildman–Crippen MR) is 81.1 cm³/mol. The summed E-state index contributed by atoms with van der Waals surface area (Å²) in [5, 5.41) is 20.4. The molecule has 0 unspecified atom stereocenters. The minimum Gasteiger partial charge on any atom is -0.304 e. The summed E-state index contributed by atoms with van der Waals surface area (Å²) in [4.78, 5) is 21.2. The van der Waals surface area contributed by atoms with Crippen molar-refractivity contribution in [3.63, 3.8) is 0 Å². The molecule has 0 aromatic heterocycles. The Hall–Kier alpha value is -1.05. The second-order valence-electron chi connectivity index (χ2n) is 5.53. The molecule has 0 spiro atoms. The smallest absolute Gasteiger partial charge is 0.304 e. The lowest BCUT2D eigenvalue weighted by molar-refractivity contribution is -0.571. The maximum atomic E-state index is 13.0. The molecular weight excluding hydrogens is 315 g/mol. The highest BCUT2D eigenvalue weighted by Crippen LogP contribution is 2.63. The minimum atomic E-state index is -4.17. The summed E-state index contributed by atoms with van der Waals surface area (Å²) in [7, 11) is -4.17. The van der Waals surface area contributed by atoms with Crippen LogP contribution in [0.4, 0.5) is 0 Å². The molecule has 10 heteroatoms. The first kappa shape index (κ1) is 20.9. The first-order valence-electron chi connectivity index (χ1n) is 7.20. The third kappa shape index (κ3) is 4.72. The molecule has 0 aliphatic rings. The van der Waals surface area contributed by atoms with Crippen molar-refractivity contribution in [3.05, 3.63) is 20.2 Å². The van der Waals surface area contributed by atoms with E-state index >= 15 is 0 Å². The molecule has 0 radical (unpaired) electrons. The SMILES string of the molecule is CCOP(=O)(OCC)[C@@](C)([C@H](CC(C)C)C[N+](=O)[O-])[N+](=O)[O-]. The molecule has 0 N–H and O–H groups in total. The van der Waals surface area contributed by atoms with E-state index in [9.17, 15) is 24.8 Å². The molecule has 0 heterocycles. The Balaban J connectivity index is 5.99. The summed E-state index contributed by atoms with van der Waals surface area (Å²) in [6, 6.07) is 0.